The molecule has 0 amide bonds. The minimum atomic E-state index is -0.00271. The van der Waals surface area contributed by atoms with Crippen LogP contribution >= 0.6 is 0 Å². The van der Waals surface area contributed by atoms with Crippen molar-refractivity contribution in [3.05, 3.63) is 47.7 Å². The van der Waals surface area contributed by atoms with E-state index in [0.29, 0.717) is 0 Å². The quantitative estimate of drug-likeness (QED) is 0.304. The fourth-order valence-corrected chi connectivity index (χ4v) is 1.73. The predicted molar refractivity (Wildman–Crippen MR) is 85.5 cm³/mol. The van der Waals surface area contributed by atoms with E-state index in [4.69, 9.17) is 14.6 Å². The third-order valence-electron chi connectivity index (χ3n) is 2.71. The van der Waals surface area contributed by atoms with Crippen LogP contribution < -0.4 is 0 Å². The molecule has 0 saturated heterocycles. The molecule has 4 nitrogen and oxygen atoms in total. The molecule has 123 valence electrons. The Kier molecular flexibility index (Phi) is 8.91. The van der Waals surface area contributed by atoms with Crippen molar-refractivity contribution in [3.8, 4) is 0 Å². The first kappa shape index (κ1) is 20.5. The molecule has 0 bridgehead atoms. The second-order valence-corrected chi connectivity index (χ2v) is 5.53. The average molecular weight is 482 g/mol. The van der Waals surface area contributed by atoms with Gasteiger partial charge in [-0.3, -0.25) is 9.79 Å². The van der Waals surface area contributed by atoms with Crippen LogP contribution in [0.1, 0.15) is 39.7 Å². The van der Waals surface area contributed by atoms with E-state index in [9.17, 15) is 0 Å². The van der Waals surface area contributed by atoms with E-state index in [1.54, 1.807) is 0 Å². The van der Waals surface area contributed by atoms with Crippen LogP contribution in [0.15, 0.2) is 41.1 Å². The van der Waals surface area contributed by atoms with E-state index in [2.05, 4.69) is 24.9 Å². The maximum absolute atomic E-state index is 8.40. The Morgan fingerprint density at radius 2 is 2.09 bits per heavy atom. The summed E-state index contributed by atoms with van der Waals surface area (Å²) in [5, 5.41) is 8.40. The SMILES string of the molecule is CC(=[OH+])/C=C(/C)O.CC1(C)CCOC(c2[c-]cccc2)=N1.[Ir]. The van der Waals surface area contributed by atoms with Crippen molar-refractivity contribution >= 4 is 11.7 Å². The number of nitrogens with zero attached hydrogens (tertiary/aromatic N) is 1. The van der Waals surface area contributed by atoms with Crippen LogP contribution in [0.4, 0.5) is 0 Å². The molecule has 1 radical (unpaired) electrons. The van der Waals surface area contributed by atoms with Crippen LogP contribution in [-0.4, -0.2) is 33.7 Å². The van der Waals surface area contributed by atoms with Gasteiger partial charge in [-0.1, -0.05) is 5.56 Å². The Morgan fingerprint density at radius 3 is 2.50 bits per heavy atom. The summed E-state index contributed by atoms with van der Waals surface area (Å²) in [6, 6.07) is 10.9. The van der Waals surface area contributed by atoms with Gasteiger partial charge in [0.25, 0.3) is 0 Å². The number of hydrogen-bond acceptors (Lipinski definition) is 3. The van der Waals surface area contributed by atoms with Crippen molar-refractivity contribution < 1.29 is 34.7 Å². The van der Waals surface area contributed by atoms with Crippen LogP contribution in [0.3, 0.4) is 0 Å². The molecular formula is C17H23IrNO3. The Hall–Kier alpha value is -1.45. The van der Waals surface area contributed by atoms with Gasteiger partial charge in [0.05, 0.1) is 30.9 Å². The molecule has 0 atom stereocenters. The zero-order valence-corrected chi connectivity index (χ0v) is 15.8. The monoisotopic (exact) mass is 482 g/mol. The fourth-order valence-electron chi connectivity index (χ4n) is 1.73. The van der Waals surface area contributed by atoms with Gasteiger partial charge in [-0.25, -0.2) is 0 Å². The van der Waals surface area contributed by atoms with Crippen LogP contribution in [0, 0.1) is 6.07 Å². The summed E-state index contributed by atoms with van der Waals surface area (Å²) in [6.45, 7) is 7.99. The number of aliphatic hydroxyl groups is 1. The van der Waals surface area contributed by atoms with E-state index < -0.39 is 0 Å². The van der Waals surface area contributed by atoms with Crippen molar-refractivity contribution in [2.45, 2.75) is 39.7 Å². The van der Waals surface area contributed by atoms with E-state index in [0.717, 1.165) is 24.5 Å². The fraction of sp³-hybridized carbons (Fsp3) is 0.412. The molecule has 0 aliphatic carbocycles. The van der Waals surface area contributed by atoms with Gasteiger partial charge in [0.2, 0.25) is 0 Å². The number of benzene rings is 1. The van der Waals surface area contributed by atoms with Gasteiger partial charge in [0, 0.05) is 26.5 Å². The van der Waals surface area contributed by atoms with E-state index >= 15 is 0 Å². The molecule has 1 aromatic carbocycles. The van der Waals surface area contributed by atoms with Crippen LogP contribution in [-0.2, 0) is 24.8 Å². The number of ether oxygens (including phenoxy) is 1. The van der Waals surface area contributed by atoms with Crippen molar-refractivity contribution in [1.82, 2.24) is 0 Å². The second kappa shape index (κ2) is 9.54. The number of ketones is 1. The molecule has 1 aliphatic heterocycles. The van der Waals surface area contributed by atoms with Crippen molar-refractivity contribution in [1.29, 1.82) is 0 Å². The van der Waals surface area contributed by atoms with Crippen molar-refractivity contribution in [3.63, 3.8) is 0 Å². The summed E-state index contributed by atoms with van der Waals surface area (Å²) in [4.78, 5) is 13.0. The molecule has 2 rings (SSSR count). The summed E-state index contributed by atoms with van der Waals surface area (Å²) in [5.41, 5.74) is 0.942. The minimum absolute atomic E-state index is 0. The van der Waals surface area contributed by atoms with Crippen LogP contribution in [0.2, 0.25) is 0 Å². The summed E-state index contributed by atoms with van der Waals surface area (Å²) in [5.74, 6) is 0.974. The van der Waals surface area contributed by atoms with E-state index in [1.165, 1.54) is 19.9 Å². The molecular weight excluding hydrogens is 458 g/mol. The van der Waals surface area contributed by atoms with Gasteiger partial charge in [0.1, 0.15) is 5.90 Å². The Morgan fingerprint density at radius 1 is 1.41 bits per heavy atom. The molecule has 0 fully saturated rings. The van der Waals surface area contributed by atoms with Gasteiger partial charge in [-0.05, 0) is 20.8 Å². The smallest absolute Gasteiger partial charge is 0.316 e. The van der Waals surface area contributed by atoms with E-state index in [-0.39, 0.29) is 37.2 Å². The topological polar surface area (TPSA) is 63.2 Å². The Bertz CT molecular complexity index is 532. The Balaban J connectivity index is 0.000000478. The molecule has 1 aromatic rings. The van der Waals surface area contributed by atoms with Gasteiger partial charge < -0.3 is 9.84 Å². The van der Waals surface area contributed by atoms with Gasteiger partial charge >= 0.3 is 5.78 Å². The summed E-state index contributed by atoms with van der Waals surface area (Å²) < 4.78 is 5.52. The number of hydrogen-bond donors (Lipinski definition) is 1. The maximum atomic E-state index is 8.40. The Labute approximate surface area is 145 Å². The molecule has 22 heavy (non-hydrogen) atoms. The largest absolute Gasteiger partial charge is 0.520 e. The van der Waals surface area contributed by atoms with Crippen molar-refractivity contribution in [2.75, 3.05) is 6.61 Å². The van der Waals surface area contributed by atoms with Crippen molar-refractivity contribution in [2.24, 2.45) is 4.99 Å². The number of rotatable bonds is 2. The maximum Gasteiger partial charge on any atom is 0.316 e. The van der Waals surface area contributed by atoms with Crippen LogP contribution in [0.25, 0.3) is 0 Å². The second-order valence-electron chi connectivity index (χ2n) is 5.53. The number of carbonyl (C=O) groups excluding carboxylic acids is 1. The molecule has 0 spiro atoms. The predicted octanol–water partition coefficient (Wildman–Crippen LogP) is 3.44. The van der Waals surface area contributed by atoms with E-state index in [1.807, 2.05) is 24.3 Å². The summed E-state index contributed by atoms with van der Waals surface area (Å²) >= 11 is 0. The molecule has 2 N–H and O–H groups in total. The normalized spacial score (nSPS) is 16.2. The molecule has 5 heteroatoms. The molecule has 0 unspecified atom stereocenters. The zero-order chi connectivity index (χ0) is 15.9. The molecule has 0 aromatic heterocycles. The molecule has 0 saturated carbocycles. The number of aliphatic imine (C=N–C) groups is 1. The summed E-state index contributed by atoms with van der Waals surface area (Å²) in [7, 11) is 0. The molecule has 1 aliphatic rings. The zero-order valence-electron chi connectivity index (χ0n) is 13.4. The standard InChI is InChI=1S/C12H14NO.C5H8O2.Ir/c1-12(2)8-9-14-11(13-12)10-6-4-3-5-7-10;1-4(6)3-5(2)7;/h3-6H,8-9H2,1-2H3;3,6H,1-2H3;/q-1;;/p+1/b;4-3-;. The first-order valence-corrected chi connectivity index (χ1v) is 6.90. The number of aliphatic hydroxyl groups excluding tert-OH is 1. The third-order valence-corrected chi connectivity index (χ3v) is 2.71. The average Bonchev–Trinajstić information content (AvgIpc) is 2.37. The van der Waals surface area contributed by atoms with Gasteiger partial charge in [-0.15, -0.1) is 30.3 Å². The number of allylic oxidation sites excluding steroid dienone is 2. The minimum Gasteiger partial charge on any atom is -0.520 e. The first-order chi connectivity index (χ1) is 9.80. The first-order valence-electron chi connectivity index (χ1n) is 6.90. The molecule has 1 heterocycles. The third kappa shape index (κ3) is 8.10. The van der Waals surface area contributed by atoms with Gasteiger partial charge in [-0.2, -0.15) is 0 Å². The summed E-state index contributed by atoms with van der Waals surface area (Å²) in [6.07, 6.45) is 2.25. The van der Waals surface area contributed by atoms with Crippen LogP contribution in [0.5, 0.6) is 0 Å². The van der Waals surface area contributed by atoms with Gasteiger partial charge in [0.15, 0.2) is 0 Å².